The largest absolute Gasteiger partial charge is 0.374 e. The molecule has 0 unspecified atom stereocenters. The van der Waals surface area contributed by atoms with Gasteiger partial charge in [0.2, 0.25) is 5.78 Å². The Bertz CT molecular complexity index is 248. The van der Waals surface area contributed by atoms with Crippen molar-refractivity contribution in [2.45, 2.75) is 6.92 Å². The first kappa shape index (κ1) is 8.80. The monoisotopic (exact) mass is 166 g/mol. The highest BCUT2D eigenvalue weighted by Gasteiger charge is 2.05. The van der Waals surface area contributed by atoms with E-state index in [0.717, 1.165) is 0 Å². The van der Waals surface area contributed by atoms with Crippen molar-refractivity contribution in [3.8, 4) is 0 Å². The minimum atomic E-state index is -0.112. The average molecular weight is 166 g/mol. The van der Waals surface area contributed by atoms with E-state index < -0.39 is 0 Å². The van der Waals surface area contributed by atoms with E-state index in [2.05, 4.69) is 9.97 Å². The van der Waals surface area contributed by atoms with E-state index in [9.17, 15) is 4.79 Å². The molecule has 0 amide bonds. The van der Waals surface area contributed by atoms with Crippen molar-refractivity contribution in [2.24, 2.45) is 0 Å². The van der Waals surface area contributed by atoms with Crippen molar-refractivity contribution in [3.05, 3.63) is 24.3 Å². The molecule has 0 saturated carbocycles. The lowest BCUT2D eigenvalue weighted by molar-refractivity contribution is 0.0778. The fourth-order valence-corrected chi connectivity index (χ4v) is 0.724. The Labute approximate surface area is 70.6 Å². The SMILES string of the molecule is CCOCC(=O)c1ccncn1. The number of rotatable bonds is 4. The van der Waals surface area contributed by atoms with Crippen LogP contribution in [0.1, 0.15) is 17.4 Å². The average Bonchev–Trinajstić information content (AvgIpc) is 2.15. The Hall–Kier alpha value is -1.29. The summed E-state index contributed by atoms with van der Waals surface area (Å²) < 4.78 is 4.94. The molecule has 1 aromatic heterocycles. The first-order valence-electron chi connectivity index (χ1n) is 3.71. The third-order valence-corrected chi connectivity index (χ3v) is 1.30. The summed E-state index contributed by atoms with van der Waals surface area (Å²) >= 11 is 0. The zero-order valence-electron chi connectivity index (χ0n) is 6.86. The molecule has 0 radical (unpaired) electrons. The van der Waals surface area contributed by atoms with Gasteiger partial charge in [-0.1, -0.05) is 0 Å². The number of hydrogen-bond acceptors (Lipinski definition) is 4. The van der Waals surface area contributed by atoms with Gasteiger partial charge in [0.15, 0.2) is 0 Å². The predicted molar refractivity (Wildman–Crippen MR) is 42.9 cm³/mol. The highest BCUT2D eigenvalue weighted by atomic mass is 16.5. The van der Waals surface area contributed by atoms with Crippen LogP contribution in [-0.4, -0.2) is 29.0 Å². The molecule has 0 aliphatic rings. The van der Waals surface area contributed by atoms with Crippen molar-refractivity contribution < 1.29 is 9.53 Å². The quantitative estimate of drug-likeness (QED) is 0.618. The van der Waals surface area contributed by atoms with E-state index in [-0.39, 0.29) is 12.4 Å². The van der Waals surface area contributed by atoms with E-state index >= 15 is 0 Å². The summed E-state index contributed by atoms with van der Waals surface area (Å²) in [6.07, 6.45) is 2.88. The number of hydrogen-bond donors (Lipinski definition) is 0. The van der Waals surface area contributed by atoms with Gasteiger partial charge in [0, 0.05) is 12.8 Å². The summed E-state index contributed by atoms with van der Waals surface area (Å²) in [4.78, 5) is 18.7. The molecule has 0 atom stereocenters. The minimum Gasteiger partial charge on any atom is -0.374 e. The lowest BCUT2D eigenvalue weighted by Crippen LogP contribution is -2.10. The number of nitrogens with zero attached hydrogens (tertiary/aromatic N) is 2. The molecule has 4 heteroatoms. The van der Waals surface area contributed by atoms with Crippen LogP contribution in [0.15, 0.2) is 18.6 Å². The molecular weight excluding hydrogens is 156 g/mol. The van der Waals surface area contributed by atoms with Gasteiger partial charge in [-0.3, -0.25) is 4.79 Å². The third-order valence-electron chi connectivity index (χ3n) is 1.30. The van der Waals surface area contributed by atoms with Gasteiger partial charge in [0.1, 0.15) is 18.6 Å². The van der Waals surface area contributed by atoms with Gasteiger partial charge in [0.05, 0.1) is 0 Å². The van der Waals surface area contributed by atoms with E-state index in [4.69, 9.17) is 4.74 Å². The van der Waals surface area contributed by atoms with Crippen LogP contribution in [0.2, 0.25) is 0 Å². The molecule has 0 N–H and O–H groups in total. The van der Waals surface area contributed by atoms with E-state index in [0.29, 0.717) is 12.3 Å². The van der Waals surface area contributed by atoms with Crippen LogP contribution >= 0.6 is 0 Å². The topological polar surface area (TPSA) is 52.1 Å². The van der Waals surface area contributed by atoms with Gasteiger partial charge < -0.3 is 4.74 Å². The van der Waals surface area contributed by atoms with E-state index in [1.807, 2.05) is 6.92 Å². The number of ether oxygens (including phenoxy) is 1. The van der Waals surface area contributed by atoms with Gasteiger partial charge in [-0.25, -0.2) is 9.97 Å². The number of aromatic nitrogens is 2. The summed E-state index contributed by atoms with van der Waals surface area (Å²) in [6.45, 7) is 2.47. The molecular formula is C8H10N2O2. The fraction of sp³-hybridized carbons (Fsp3) is 0.375. The highest BCUT2D eigenvalue weighted by molar-refractivity contribution is 5.95. The number of ketones is 1. The van der Waals surface area contributed by atoms with Crippen molar-refractivity contribution in [2.75, 3.05) is 13.2 Å². The van der Waals surface area contributed by atoms with Gasteiger partial charge in [-0.05, 0) is 13.0 Å². The lowest BCUT2D eigenvalue weighted by Gasteiger charge is -1.98. The van der Waals surface area contributed by atoms with Crippen molar-refractivity contribution in [1.29, 1.82) is 0 Å². The van der Waals surface area contributed by atoms with Gasteiger partial charge in [-0.2, -0.15) is 0 Å². The number of Topliss-reactive ketones (excluding diaryl/α,β-unsaturated/α-hetero) is 1. The zero-order valence-corrected chi connectivity index (χ0v) is 6.86. The van der Waals surface area contributed by atoms with Gasteiger partial charge >= 0.3 is 0 Å². The summed E-state index contributed by atoms with van der Waals surface area (Å²) in [6, 6.07) is 1.57. The van der Waals surface area contributed by atoms with Crippen LogP contribution in [0, 0.1) is 0 Å². The molecule has 0 spiro atoms. The van der Waals surface area contributed by atoms with Crippen molar-refractivity contribution >= 4 is 5.78 Å². The summed E-state index contributed by atoms with van der Waals surface area (Å²) in [5, 5.41) is 0. The van der Waals surface area contributed by atoms with E-state index in [1.165, 1.54) is 12.5 Å². The molecule has 1 aromatic rings. The van der Waals surface area contributed by atoms with Gasteiger partial charge in [0.25, 0.3) is 0 Å². The maximum absolute atomic E-state index is 11.2. The second-order valence-corrected chi connectivity index (χ2v) is 2.15. The third kappa shape index (κ3) is 2.39. The fourth-order valence-electron chi connectivity index (χ4n) is 0.724. The van der Waals surface area contributed by atoms with E-state index in [1.54, 1.807) is 6.07 Å². The molecule has 0 bridgehead atoms. The number of carbonyl (C=O) groups is 1. The van der Waals surface area contributed by atoms with Crippen LogP contribution < -0.4 is 0 Å². The zero-order chi connectivity index (χ0) is 8.81. The van der Waals surface area contributed by atoms with Crippen LogP contribution in [0.4, 0.5) is 0 Å². The molecule has 64 valence electrons. The second-order valence-electron chi connectivity index (χ2n) is 2.15. The van der Waals surface area contributed by atoms with Crippen molar-refractivity contribution in [1.82, 2.24) is 9.97 Å². The summed E-state index contributed by atoms with van der Waals surface area (Å²) in [7, 11) is 0. The van der Waals surface area contributed by atoms with Crippen LogP contribution in [-0.2, 0) is 4.74 Å². The lowest BCUT2D eigenvalue weighted by atomic mass is 10.3. The first-order valence-corrected chi connectivity index (χ1v) is 3.71. The van der Waals surface area contributed by atoms with Crippen LogP contribution in [0.5, 0.6) is 0 Å². The molecule has 4 nitrogen and oxygen atoms in total. The maximum Gasteiger partial charge on any atom is 0.206 e. The van der Waals surface area contributed by atoms with Crippen LogP contribution in [0.25, 0.3) is 0 Å². The Morgan fingerprint density at radius 3 is 3.08 bits per heavy atom. The standard InChI is InChI=1S/C8H10N2O2/c1-2-12-5-8(11)7-3-4-9-6-10-7/h3-4,6H,2,5H2,1H3. The molecule has 1 heterocycles. The molecule has 0 aliphatic heterocycles. The smallest absolute Gasteiger partial charge is 0.206 e. The van der Waals surface area contributed by atoms with Crippen molar-refractivity contribution in [3.63, 3.8) is 0 Å². The van der Waals surface area contributed by atoms with Gasteiger partial charge in [-0.15, -0.1) is 0 Å². The Kier molecular flexibility index (Phi) is 3.35. The Morgan fingerprint density at radius 1 is 1.67 bits per heavy atom. The molecule has 1 rings (SSSR count). The molecule has 12 heavy (non-hydrogen) atoms. The summed E-state index contributed by atoms with van der Waals surface area (Å²) in [5.74, 6) is -0.112. The Morgan fingerprint density at radius 2 is 2.50 bits per heavy atom. The second kappa shape index (κ2) is 4.56. The maximum atomic E-state index is 11.2. The highest BCUT2D eigenvalue weighted by Crippen LogP contribution is 1.93. The first-order chi connectivity index (χ1) is 5.84. The number of carbonyl (C=O) groups excluding carboxylic acids is 1. The molecule has 0 aromatic carbocycles. The summed E-state index contributed by atoms with van der Waals surface area (Å²) in [5.41, 5.74) is 0.401. The molecule has 0 fully saturated rings. The molecule has 0 saturated heterocycles. The van der Waals surface area contributed by atoms with Crippen LogP contribution in [0.3, 0.4) is 0 Å². The predicted octanol–water partition coefficient (Wildman–Crippen LogP) is 0.696. The molecule has 0 aliphatic carbocycles. The normalized spacial score (nSPS) is 9.75. The Balaban J connectivity index is 2.54. The minimum absolute atomic E-state index is 0.0908.